The van der Waals surface area contributed by atoms with Crippen molar-refractivity contribution in [2.75, 3.05) is 13.2 Å². The third-order valence-corrected chi connectivity index (χ3v) is 11.9. The zero-order valence-electron chi connectivity index (χ0n) is 37.3. The quantitative estimate of drug-likeness (QED) is 0.0303. The van der Waals surface area contributed by atoms with Crippen molar-refractivity contribution in [3.8, 4) is 0 Å². The predicted octanol–water partition coefficient (Wildman–Crippen LogP) is 15.7. The van der Waals surface area contributed by atoms with Crippen LogP contribution < -0.4 is 0 Å². The molecule has 0 aliphatic heterocycles. The molecule has 0 aliphatic carbocycles. The van der Waals surface area contributed by atoms with Crippen LogP contribution in [0.2, 0.25) is 0 Å². The van der Waals surface area contributed by atoms with Crippen LogP contribution in [0.3, 0.4) is 0 Å². The number of esters is 2. The van der Waals surface area contributed by atoms with Crippen LogP contribution in [0.5, 0.6) is 0 Å². The molecule has 1 aromatic rings. The first-order chi connectivity index (χ1) is 28.3. The summed E-state index contributed by atoms with van der Waals surface area (Å²) in [5, 5.41) is 0. The molecule has 1 N–H and O–H groups in total. The first-order valence-electron chi connectivity index (χ1n) is 24.1. The lowest BCUT2D eigenvalue weighted by atomic mass is 10.0. The smallest absolute Gasteiger partial charge is 0.339 e. The van der Waals surface area contributed by atoms with E-state index in [1.165, 1.54) is 179 Å². The minimum Gasteiger partial charge on any atom is -0.462 e. The van der Waals surface area contributed by atoms with Crippen molar-refractivity contribution in [2.24, 2.45) is 0 Å². The number of carbonyl (C=O) groups excluding carboxylic acids is 2. The number of benzene rings is 1. The molecule has 0 spiro atoms. The minimum atomic E-state index is -4.57. The van der Waals surface area contributed by atoms with Crippen LogP contribution in [0, 0.1) is 0 Å². The van der Waals surface area contributed by atoms with Crippen LogP contribution in [-0.2, 0) is 19.6 Å². The van der Waals surface area contributed by atoms with E-state index < -0.39 is 27.0 Å². The van der Waals surface area contributed by atoms with Gasteiger partial charge in [-0.1, -0.05) is 205 Å². The molecule has 7 nitrogen and oxygen atoms in total. The van der Waals surface area contributed by atoms with Gasteiger partial charge in [-0.2, -0.15) is 8.42 Å². The summed E-state index contributed by atoms with van der Waals surface area (Å²) in [6.07, 6.45) is 50.9. The molecular weight excluding hydrogens is 745 g/mol. The van der Waals surface area contributed by atoms with Gasteiger partial charge in [-0.3, -0.25) is 4.55 Å². The van der Waals surface area contributed by atoms with Crippen LogP contribution in [0.1, 0.15) is 253 Å². The van der Waals surface area contributed by atoms with Gasteiger partial charge in [0, 0.05) is 0 Å². The van der Waals surface area contributed by atoms with Gasteiger partial charge >= 0.3 is 11.9 Å². The minimum absolute atomic E-state index is 0.0575. The Morgan fingerprint density at radius 1 is 0.448 bits per heavy atom. The van der Waals surface area contributed by atoms with E-state index in [1.54, 1.807) is 0 Å². The van der Waals surface area contributed by atoms with E-state index in [0.29, 0.717) is 6.42 Å². The van der Waals surface area contributed by atoms with Crippen LogP contribution in [0.25, 0.3) is 0 Å². The molecule has 0 fully saturated rings. The summed E-state index contributed by atoms with van der Waals surface area (Å²) < 4.78 is 44.0. The van der Waals surface area contributed by atoms with Crippen molar-refractivity contribution in [1.82, 2.24) is 0 Å². The number of rotatable bonds is 41. The first-order valence-corrected chi connectivity index (χ1v) is 25.5. The van der Waals surface area contributed by atoms with Gasteiger partial charge in [0.15, 0.2) is 0 Å². The number of hydrogen-bond donors (Lipinski definition) is 1. The maximum Gasteiger partial charge on any atom is 0.339 e. The Kier molecular flexibility index (Phi) is 35.8. The molecule has 1 aromatic carbocycles. The Bertz CT molecular complexity index is 1300. The third kappa shape index (κ3) is 31.5. The van der Waals surface area contributed by atoms with Crippen molar-refractivity contribution in [3.05, 3.63) is 53.6 Å². The Morgan fingerprint density at radius 2 is 0.741 bits per heavy atom. The average molecular weight is 831 g/mol. The molecule has 1 rings (SSSR count). The van der Waals surface area contributed by atoms with Crippen LogP contribution in [-0.4, -0.2) is 38.1 Å². The molecule has 58 heavy (non-hydrogen) atoms. The fraction of sp³-hybridized carbons (Fsp3) is 0.760. The fourth-order valence-corrected chi connectivity index (χ4v) is 7.76. The maximum absolute atomic E-state index is 13.0. The Morgan fingerprint density at radius 3 is 1.07 bits per heavy atom. The molecule has 0 unspecified atom stereocenters. The van der Waals surface area contributed by atoms with Gasteiger partial charge in [0.2, 0.25) is 0 Å². The molecule has 0 radical (unpaired) electrons. The van der Waals surface area contributed by atoms with Gasteiger partial charge in [0.05, 0.1) is 29.2 Å². The van der Waals surface area contributed by atoms with Crippen LogP contribution >= 0.6 is 0 Å². The molecule has 0 saturated heterocycles. The second-order valence-corrected chi connectivity index (χ2v) is 17.9. The number of ether oxygens (including phenoxy) is 2. The highest BCUT2D eigenvalue weighted by molar-refractivity contribution is 7.85. The summed E-state index contributed by atoms with van der Waals surface area (Å²) in [6.45, 7) is 4.88. The first kappa shape index (κ1) is 53.6. The number of unbranched alkanes of at least 4 members (excludes halogenated alkanes) is 30. The van der Waals surface area contributed by atoms with Gasteiger partial charge in [-0.15, -0.1) is 0 Å². The van der Waals surface area contributed by atoms with E-state index in [2.05, 4.69) is 38.2 Å². The van der Waals surface area contributed by atoms with Crippen LogP contribution in [0.4, 0.5) is 0 Å². The van der Waals surface area contributed by atoms with Gasteiger partial charge in [0.1, 0.15) is 0 Å². The molecule has 0 atom stereocenters. The van der Waals surface area contributed by atoms with E-state index >= 15 is 0 Å². The van der Waals surface area contributed by atoms with E-state index in [9.17, 15) is 22.6 Å². The highest BCUT2D eigenvalue weighted by Gasteiger charge is 2.23. The van der Waals surface area contributed by atoms with E-state index in [0.717, 1.165) is 50.7 Å². The molecule has 0 amide bonds. The number of hydrogen-bond acceptors (Lipinski definition) is 6. The zero-order valence-corrected chi connectivity index (χ0v) is 38.1. The standard InChI is InChI=1S/C50H86O7S/c1-3-5-7-9-11-13-15-17-19-21-23-25-27-29-31-33-35-37-39-43-56-49(51)47-42-41-46(58(53,54)55)45-48(47)50(52)57-44-40-38-36-34-32-30-28-26-24-22-20-18-16-14-12-10-8-6-4-2/h9-12,41-42,45H,3-8,13-40,43-44H2,1-2H3,(H,53,54,55)/b11-9+,12-10+. The monoisotopic (exact) mass is 831 g/mol. The topological polar surface area (TPSA) is 107 Å². The third-order valence-electron chi connectivity index (χ3n) is 11.0. The zero-order chi connectivity index (χ0) is 42.2. The lowest BCUT2D eigenvalue weighted by Gasteiger charge is -2.11. The summed E-state index contributed by atoms with van der Waals surface area (Å²) in [4.78, 5) is 25.5. The second-order valence-electron chi connectivity index (χ2n) is 16.5. The largest absolute Gasteiger partial charge is 0.462 e. The molecule has 0 bridgehead atoms. The molecule has 0 aromatic heterocycles. The number of carbonyl (C=O) groups is 2. The molecule has 0 aliphatic rings. The maximum atomic E-state index is 13.0. The molecule has 0 saturated carbocycles. The van der Waals surface area contributed by atoms with Crippen molar-refractivity contribution in [2.45, 2.75) is 237 Å². The van der Waals surface area contributed by atoms with E-state index in [-0.39, 0.29) is 24.3 Å². The van der Waals surface area contributed by atoms with Crippen LogP contribution in [0.15, 0.2) is 47.4 Å². The molecule has 0 heterocycles. The lowest BCUT2D eigenvalue weighted by Crippen LogP contribution is -2.16. The normalized spacial score (nSPS) is 11.9. The average Bonchev–Trinajstić information content (AvgIpc) is 3.21. The lowest BCUT2D eigenvalue weighted by molar-refractivity contribution is 0.0450. The summed E-state index contributed by atoms with van der Waals surface area (Å²) in [5.41, 5.74) is -0.265. The SMILES string of the molecule is CCCC/C=C/CCCCCCCCCCCCCCCOC(=O)c1ccc(S(=O)(=O)O)cc1C(=O)OCCCCCCCCCCCCCCC/C=C/CCCC. The van der Waals surface area contributed by atoms with Gasteiger partial charge in [-0.05, 0) is 69.6 Å². The Balaban J connectivity index is 2.16. The van der Waals surface area contributed by atoms with Crippen molar-refractivity contribution in [1.29, 1.82) is 0 Å². The highest BCUT2D eigenvalue weighted by Crippen LogP contribution is 2.20. The molecule has 334 valence electrons. The molecular formula is C50H86O7S. The Hall–Kier alpha value is -2.45. The fourth-order valence-electron chi connectivity index (χ4n) is 7.25. The van der Waals surface area contributed by atoms with E-state index in [4.69, 9.17) is 9.47 Å². The Labute approximate surface area is 356 Å². The predicted molar refractivity (Wildman–Crippen MR) is 243 cm³/mol. The highest BCUT2D eigenvalue weighted by atomic mass is 32.2. The summed E-state index contributed by atoms with van der Waals surface area (Å²) in [5.74, 6) is -1.49. The molecule has 8 heteroatoms. The summed E-state index contributed by atoms with van der Waals surface area (Å²) in [7, 11) is -4.57. The second kappa shape index (κ2) is 38.7. The van der Waals surface area contributed by atoms with Gasteiger partial charge in [-0.25, -0.2) is 9.59 Å². The van der Waals surface area contributed by atoms with Crippen molar-refractivity contribution < 1.29 is 32.0 Å². The van der Waals surface area contributed by atoms with E-state index in [1.807, 2.05) is 0 Å². The number of allylic oxidation sites excluding steroid dienone is 4. The summed E-state index contributed by atoms with van der Waals surface area (Å²) in [6, 6.07) is 3.32. The van der Waals surface area contributed by atoms with Gasteiger partial charge in [0.25, 0.3) is 10.1 Å². The van der Waals surface area contributed by atoms with Crippen molar-refractivity contribution in [3.63, 3.8) is 0 Å². The van der Waals surface area contributed by atoms with Gasteiger partial charge < -0.3 is 9.47 Å². The summed E-state index contributed by atoms with van der Waals surface area (Å²) >= 11 is 0. The van der Waals surface area contributed by atoms with Crippen molar-refractivity contribution >= 4 is 22.1 Å².